The van der Waals surface area contributed by atoms with Crippen molar-refractivity contribution >= 4 is 0 Å². The molecule has 1 aliphatic rings. The molecule has 1 aliphatic heterocycles. The van der Waals surface area contributed by atoms with Crippen LogP contribution in [0.1, 0.15) is 0 Å². The third-order valence-corrected chi connectivity index (χ3v) is 1.44. The lowest BCUT2D eigenvalue weighted by Crippen LogP contribution is -2.33. The van der Waals surface area contributed by atoms with Gasteiger partial charge in [0.15, 0.2) is 0 Å². The van der Waals surface area contributed by atoms with Crippen molar-refractivity contribution in [3.63, 3.8) is 0 Å². The molecule has 0 spiro atoms. The summed E-state index contributed by atoms with van der Waals surface area (Å²) in [5, 5.41) is 13.0. The van der Waals surface area contributed by atoms with Gasteiger partial charge in [-0.15, -0.1) is 0 Å². The van der Waals surface area contributed by atoms with Gasteiger partial charge in [-0.05, 0) is 7.05 Å². The van der Waals surface area contributed by atoms with Crippen LogP contribution in [0.2, 0.25) is 0 Å². The second-order valence-electron chi connectivity index (χ2n) is 2.14. The van der Waals surface area contributed by atoms with Gasteiger partial charge in [0.25, 0.3) is 6.17 Å². The summed E-state index contributed by atoms with van der Waals surface area (Å²) in [5.74, 6) is 0. The zero-order valence-corrected chi connectivity index (χ0v) is 5.20. The van der Waals surface area contributed by atoms with Gasteiger partial charge < -0.3 is 0 Å². The van der Waals surface area contributed by atoms with Crippen LogP contribution in [-0.4, -0.2) is 36.3 Å². The molecular formula is C4H9N3O2. The Morgan fingerprint density at radius 3 is 2.78 bits per heavy atom. The molecule has 9 heavy (non-hydrogen) atoms. The van der Waals surface area contributed by atoms with E-state index in [1.54, 1.807) is 11.9 Å². The van der Waals surface area contributed by atoms with E-state index in [4.69, 9.17) is 0 Å². The van der Waals surface area contributed by atoms with Crippen molar-refractivity contribution in [2.45, 2.75) is 6.17 Å². The summed E-state index contributed by atoms with van der Waals surface area (Å²) in [6.45, 7) is 1.08. The maximum absolute atomic E-state index is 10.1. The lowest BCUT2D eigenvalue weighted by molar-refractivity contribution is -0.540. The van der Waals surface area contributed by atoms with Crippen LogP contribution in [0.5, 0.6) is 0 Å². The fourth-order valence-electron chi connectivity index (χ4n) is 0.867. The Hall–Kier alpha value is -0.680. The summed E-state index contributed by atoms with van der Waals surface area (Å²) in [4.78, 5) is 11.5. The second kappa shape index (κ2) is 2.28. The first-order valence-corrected chi connectivity index (χ1v) is 2.76. The average Bonchev–Trinajstić information content (AvgIpc) is 2.13. The van der Waals surface area contributed by atoms with E-state index in [-0.39, 0.29) is 4.92 Å². The number of hydrogen-bond donors (Lipinski definition) is 1. The molecule has 0 radical (unpaired) electrons. The van der Waals surface area contributed by atoms with Crippen LogP contribution >= 0.6 is 0 Å². The number of hydrogen-bond acceptors (Lipinski definition) is 4. The quantitative estimate of drug-likeness (QED) is 0.369. The second-order valence-corrected chi connectivity index (χ2v) is 2.14. The minimum absolute atomic E-state index is 0.278. The Morgan fingerprint density at radius 1 is 1.89 bits per heavy atom. The van der Waals surface area contributed by atoms with Crippen LogP contribution in [0.3, 0.4) is 0 Å². The molecule has 5 heteroatoms. The number of likely N-dealkylation sites (N-methyl/N-ethyl adjacent to an activating group) is 1. The van der Waals surface area contributed by atoms with Gasteiger partial charge in [0.1, 0.15) is 0 Å². The molecule has 1 saturated heterocycles. The van der Waals surface area contributed by atoms with Crippen LogP contribution < -0.4 is 5.32 Å². The van der Waals surface area contributed by atoms with Gasteiger partial charge in [0, 0.05) is 4.92 Å². The van der Waals surface area contributed by atoms with Crippen LogP contribution in [-0.2, 0) is 0 Å². The van der Waals surface area contributed by atoms with Crippen LogP contribution in [0.15, 0.2) is 0 Å². The average molecular weight is 131 g/mol. The fraction of sp³-hybridized carbons (Fsp3) is 1.00. The van der Waals surface area contributed by atoms with Crippen molar-refractivity contribution in [1.82, 2.24) is 10.2 Å². The molecule has 0 amide bonds. The molecule has 52 valence electrons. The van der Waals surface area contributed by atoms with Crippen molar-refractivity contribution in [2.75, 3.05) is 20.3 Å². The van der Waals surface area contributed by atoms with Gasteiger partial charge in [-0.2, -0.15) is 0 Å². The lowest BCUT2D eigenvalue weighted by Gasteiger charge is -2.08. The largest absolute Gasteiger partial charge is 0.296 e. The SMILES string of the molecule is CN1CNCC1[N+](=O)[O-]. The Kier molecular flexibility index (Phi) is 1.63. The topological polar surface area (TPSA) is 58.4 Å². The van der Waals surface area contributed by atoms with Crippen molar-refractivity contribution in [3.05, 3.63) is 10.1 Å². The van der Waals surface area contributed by atoms with Crippen molar-refractivity contribution < 1.29 is 4.92 Å². The van der Waals surface area contributed by atoms with Crippen molar-refractivity contribution in [3.8, 4) is 0 Å². The van der Waals surface area contributed by atoms with Gasteiger partial charge in [0.05, 0.1) is 13.2 Å². The first-order chi connectivity index (χ1) is 4.22. The molecular weight excluding hydrogens is 122 g/mol. The minimum Gasteiger partial charge on any atom is -0.296 e. The summed E-state index contributed by atoms with van der Waals surface area (Å²) < 4.78 is 0. The van der Waals surface area contributed by atoms with Gasteiger partial charge in [-0.1, -0.05) is 0 Å². The maximum Gasteiger partial charge on any atom is 0.281 e. The third kappa shape index (κ3) is 1.17. The zero-order chi connectivity index (χ0) is 6.85. The van der Waals surface area contributed by atoms with Crippen molar-refractivity contribution in [2.24, 2.45) is 0 Å². The van der Waals surface area contributed by atoms with E-state index >= 15 is 0 Å². The highest BCUT2D eigenvalue weighted by atomic mass is 16.6. The smallest absolute Gasteiger partial charge is 0.281 e. The number of nitrogens with zero attached hydrogens (tertiary/aromatic N) is 2. The van der Waals surface area contributed by atoms with Crippen molar-refractivity contribution in [1.29, 1.82) is 0 Å². The van der Waals surface area contributed by atoms with E-state index < -0.39 is 6.17 Å². The van der Waals surface area contributed by atoms with E-state index in [0.29, 0.717) is 13.2 Å². The molecule has 1 rings (SSSR count). The minimum atomic E-state index is -0.523. The number of rotatable bonds is 1. The lowest BCUT2D eigenvalue weighted by atomic mass is 10.5. The van der Waals surface area contributed by atoms with E-state index in [1.807, 2.05) is 0 Å². The molecule has 0 aromatic heterocycles. The fourth-order valence-corrected chi connectivity index (χ4v) is 0.867. The van der Waals surface area contributed by atoms with E-state index in [1.165, 1.54) is 0 Å². The summed E-state index contributed by atoms with van der Waals surface area (Å²) in [5.41, 5.74) is 0. The molecule has 0 aromatic carbocycles. The summed E-state index contributed by atoms with van der Waals surface area (Å²) >= 11 is 0. The number of nitrogens with one attached hydrogen (secondary N) is 1. The van der Waals surface area contributed by atoms with Gasteiger partial charge in [-0.3, -0.25) is 15.4 Å². The predicted octanol–water partition coefficient (Wildman–Crippen LogP) is -0.918. The Morgan fingerprint density at radius 2 is 2.56 bits per heavy atom. The highest BCUT2D eigenvalue weighted by Crippen LogP contribution is 1.99. The third-order valence-electron chi connectivity index (χ3n) is 1.44. The van der Waals surface area contributed by atoms with Gasteiger partial charge in [-0.25, -0.2) is 4.90 Å². The molecule has 0 bridgehead atoms. The Balaban J connectivity index is 2.49. The van der Waals surface area contributed by atoms with E-state index in [2.05, 4.69) is 5.32 Å². The summed E-state index contributed by atoms with van der Waals surface area (Å²) in [6, 6.07) is 0. The Bertz CT molecular complexity index is 127. The molecule has 5 nitrogen and oxygen atoms in total. The highest BCUT2D eigenvalue weighted by molar-refractivity contribution is 4.66. The molecule has 0 aliphatic carbocycles. The molecule has 1 heterocycles. The molecule has 0 aromatic rings. The molecule has 1 N–H and O–H groups in total. The molecule has 1 fully saturated rings. The van der Waals surface area contributed by atoms with E-state index in [9.17, 15) is 10.1 Å². The standard InChI is InChI=1S/C4H9N3O2/c1-6-3-5-2-4(6)7(8)9/h4-5H,2-3H2,1H3. The van der Waals surface area contributed by atoms with Gasteiger partial charge in [0.2, 0.25) is 0 Å². The monoisotopic (exact) mass is 131 g/mol. The van der Waals surface area contributed by atoms with Crippen LogP contribution in [0, 0.1) is 10.1 Å². The number of nitro groups is 1. The normalized spacial score (nSPS) is 28.8. The zero-order valence-electron chi connectivity index (χ0n) is 5.20. The molecule has 1 unspecified atom stereocenters. The van der Waals surface area contributed by atoms with E-state index in [0.717, 1.165) is 0 Å². The first kappa shape index (κ1) is 6.44. The van der Waals surface area contributed by atoms with Crippen LogP contribution in [0.4, 0.5) is 0 Å². The highest BCUT2D eigenvalue weighted by Gasteiger charge is 2.29. The van der Waals surface area contributed by atoms with Gasteiger partial charge >= 0.3 is 0 Å². The predicted molar refractivity (Wildman–Crippen MR) is 31.4 cm³/mol. The Labute approximate surface area is 52.8 Å². The molecule has 0 saturated carbocycles. The molecule has 1 atom stereocenters. The first-order valence-electron chi connectivity index (χ1n) is 2.76. The maximum atomic E-state index is 10.1. The summed E-state index contributed by atoms with van der Waals surface area (Å²) in [6.07, 6.45) is -0.523. The summed E-state index contributed by atoms with van der Waals surface area (Å²) in [7, 11) is 1.73. The van der Waals surface area contributed by atoms with Crippen LogP contribution in [0.25, 0.3) is 0 Å².